The van der Waals surface area contributed by atoms with Crippen molar-refractivity contribution in [3.8, 4) is 0 Å². The van der Waals surface area contributed by atoms with E-state index >= 15 is 0 Å². The highest BCUT2D eigenvalue weighted by atomic mass is 32.2. The summed E-state index contributed by atoms with van der Waals surface area (Å²) >= 11 is 1.67. The van der Waals surface area contributed by atoms with Gasteiger partial charge >= 0.3 is 0 Å². The van der Waals surface area contributed by atoms with Crippen molar-refractivity contribution in [3.63, 3.8) is 0 Å². The number of thioether (sulfide) groups is 1. The predicted molar refractivity (Wildman–Crippen MR) is 127 cm³/mol. The Balaban J connectivity index is 1.39. The Kier molecular flexibility index (Phi) is 7.45. The first-order chi connectivity index (χ1) is 15.2. The molecule has 3 heterocycles. The fraction of sp³-hybridized carbons (Fsp3) is 0.542. The summed E-state index contributed by atoms with van der Waals surface area (Å²) in [5.74, 6) is 2.01. The summed E-state index contributed by atoms with van der Waals surface area (Å²) in [6.07, 6.45) is 3.15. The zero-order valence-corrected chi connectivity index (χ0v) is 19.5. The van der Waals surface area contributed by atoms with E-state index in [9.17, 15) is 4.79 Å². The molecule has 2 aliphatic heterocycles. The minimum absolute atomic E-state index is 0.156. The zero-order chi connectivity index (χ0) is 21.6. The molecule has 1 aromatic carbocycles. The van der Waals surface area contributed by atoms with Crippen LogP contribution in [0, 0.1) is 0 Å². The summed E-state index contributed by atoms with van der Waals surface area (Å²) in [7, 11) is 0. The lowest BCUT2D eigenvalue weighted by atomic mass is 10.1. The molecule has 0 radical (unpaired) electrons. The van der Waals surface area contributed by atoms with Gasteiger partial charge in [-0.25, -0.2) is 9.97 Å². The first-order valence-corrected chi connectivity index (χ1v) is 12.5. The van der Waals surface area contributed by atoms with Crippen molar-refractivity contribution in [3.05, 3.63) is 47.2 Å². The molecule has 0 unspecified atom stereocenters. The van der Waals surface area contributed by atoms with Gasteiger partial charge in [-0.15, -0.1) is 0 Å². The van der Waals surface area contributed by atoms with Crippen LogP contribution >= 0.6 is 11.8 Å². The lowest BCUT2D eigenvalue weighted by Gasteiger charge is -2.34. The van der Waals surface area contributed by atoms with Crippen LogP contribution in [0.15, 0.2) is 35.5 Å². The Morgan fingerprint density at radius 1 is 0.968 bits per heavy atom. The zero-order valence-electron chi connectivity index (χ0n) is 18.7. The van der Waals surface area contributed by atoms with Crippen LogP contribution < -0.4 is 4.90 Å². The Morgan fingerprint density at radius 2 is 1.68 bits per heavy atom. The third-order valence-electron chi connectivity index (χ3n) is 6.21. The number of amides is 1. The number of rotatable bonds is 7. The Hall–Kier alpha value is -2.12. The molecule has 0 bridgehead atoms. The first kappa shape index (κ1) is 22.1. The van der Waals surface area contributed by atoms with Crippen molar-refractivity contribution in [2.45, 2.75) is 44.0 Å². The maximum absolute atomic E-state index is 12.5. The summed E-state index contributed by atoms with van der Waals surface area (Å²) in [5.41, 5.74) is 3.07. The number of piperazine rings is 1. The van der Waals surface area contributed by atoms with Gasteiger partial charge in [0.2, 0.25) is 0 Å². The van der Waals surface area contributed by atoms with Gasteiger partial charge in [-0.3, -0.25) is 4.79 Å². The van der Waals surface area contributed by atoms with Crippen LogP contribution in [0.5, 0.6) is 0 Å². The maximum Gasteiger partial charge on any atom is 0.253 e. The third-order valence-corrected chi connectivity index (χ3v) is 7.13. The van der Waals surface area contributed by atoms with E-state index in [0.29, 0.717) is 0 Å². The monoisotopic (exact) mass is 439 g/mol. The van der Waals surface area contributed by atoms with Gasteiger partial charge < -0.3 is 14.7 Å². The molecule has 0 atom stereocenters. The average Bonchev–Trinajstić information content (AvgIpc) is 3.37. The van der Waals surface area contributed by atoms with Crippen molar-refractivity contribution < 1.29 is 4.79 Å². The largest absolute Gasteiger partial charge is 0.354 e. The van der Waals surface area contributed by atoms with E-state index in [1.54, 1.807) is 11.8 Å². The smallest absolute Gasteiger partial charge is 0.253 e. The molecule has 2 aromatic rings. The maximum atomic E-state index is 12.5. The molecule has 2 saturated heterocycles. The molecular formula is C24H33N5OS. The van der Waals surface area contributed by atoms with Crippen molar-refractivity contribution in [1.82, 2.24) is 19.8 Å². The van der Waals surface area contributed by atoms with Gasteiger partial charge in [-0.1, -0.05) is 37.7 Å². The van der Waals surface area contributed by atoms with E-state index in [0.717, 1.165) is 93.1 Å². The van der Waals surface area contributed by atoms with E-state index < -0.39 is 0 Å². The van der Waals surface area contributed by atoms with Gasteiger partial charge in [0, 0.05) is 62.3 Å². The van der Waals surface area contributed by atoms with Gasteiger partial charge in [0.1, 0.15) is 5.82 Å². The second-order valence-corrected chi connectivity index (χ2v) is 9.20. The molecule has 0 saturated carbocycles. The van der Waals surface area contributed by atoms with Gasteiger partial charge in [-0.05, 0) is 43.5 Å². The molecule has 0 aliphatic carbocycles. The summed E-state index contributed by atoms with van der Waals surface area (Å²) in [5, 5.41) is 0.837. The highest BCUT2D eigenvalue weighted by Gasteiger charge is 2.20. The number of carbonyl (C=O) groups is 1. The molecular weight excluding hydrogens is 406 g/mol. The first-order valence-electron chi connectivity index (χ1n) is 11.5. The van der Waals surface area contributed by atoms with Crippen molar-refractivity contribution in [1.29, 1.82) is 0 Å². The molecule has 0 N–H and O–H groups in total. The minimum atomic E-state index is 0.156. The topological polar surface area (TPSA) is 52.6 Å². The molecule has 6 nitrogen and oxygen atoms in total. The van der Waals surface area contributed by atoms with E-state index in [-0.39, 0.29) is 5.91 Å². The number of likely N-dealkylation sites (tertiary alicyclic amines) is 1. The molecule has 31 heavy (non-hydrogen) atoms. The van der Waals surface area contributed by atoms with Crippen LogP contribution in [0.2, 0.25) is 0 Å². The van der Waals surface area contributed by atoms with Crippen molar-refractivity contribution >= 4 is 23.5 Å². The fourth-order valence-corrected chi connectivity index (χ4v) is 4.98. The fourth-order valence-electron chi connectivity index (χ4n) is 4.15. The molecule has 1 aromatic heterocycles. The number of benzene rings is 1. The van der Waals surface area contributed by atoms with Crippen molar-refractivity contribution in [2.24, 2.45) is 0 Å². The molecule has 0 spiro atoms. The average molecular weight is 440 g/mol. The Bertz CT molecular complexity index is 874. The quantitative estimate of drug-likeness (QED) is 0.484. The van der Waals surface area contributed by atoms with Crippen LogP contribution in [0.3, 0.4) is 0 Å². The summed E-state index contributed by atoms with van der Waals surface area (Å²) < 4.78 is 0. The summed E-state index contributed by atoms with van der Waals surface area (Å²) in [6, 6.07) is 10.2. The molecule has 2 fully saturated rings. The number of anilines is 1. The summed E-state index contributed by atoms with van der Waals surface area (Å²) in [6.45, 7) is 11.5. The third kappa shape index (κ3) is 5.57. The molecule has 7 heteroatoms. The van der Waals surface area contributed by atoms with Crippen LogP contribution in [0.4, 0.5) is 5.82 Å². The normalized spacial score (nSPS) is 17.4. The van der Waals surface area contributed by atoms with Crippen LogP contribution in [0.1, 0.15) is 48.3 Å². The molecule has 1 amide bonds. The number of aromatic nitrogens is 2. The number of hydrogen-bond acceptors (Lipinski definition) is 6. The highest BCUT2D eigenvalue weighted by molar-refractivity contribution is 7.98. The van der Waals surface area contributed by atoms with Gasteiger partial charge in [-0.2, -0.15) is 0 Å². The Labute approximate surface area is 190 Å². The van der Waals surface area contributed by atoms with Gasteiger partial charge in [0.15, 0.2) is 5.16 Å². The van der Waals surface area contributed by atoms with E-state index in [1.165, 1.54) is 5.56 Å². The lowest BCUT2D eigenvalue weighted by molar-refractivity contribution is 0.0793. The number of likely N-dealkylation sites (N-methyl/N-ethyl adjacent to an activating group) is 1. The second-order valence-electron chi connectivity index (χ2n) is 8.26. The van der Waals surface area contributed by atoms with E-state index in [4.69, 9.17) is 9.97 Å². The standard InChI is InChI=1S/C24H33N5OS/c1-3-21-17-22(28-15-13-27(4-2)14-16-28)26-24(25-21)31-18-19-7-9-20(10-8-19)23(30)29-11-5-6-12-29/h7-10,17H,3-6,11-16,18H2,1-2H3. The predicted octanol–water partition coefficient (Wildman–Crippen LogP) is 3.71. The number of nitrogens with zero attached hydrogens (tertiary/aromatic N) is 5. The van der Waals surface area contributed by atoms with Gasteiger partial charge in [0.05, 0.1) is 0 Å². The number of aryl methyl sites for hydroxylation is 1. The Morgan fingerprint density at radius 3 is 2.32 bits per heavy atom. The molecule has 2 aliphatic rings. The lowest BCUT2D eigenvalue weighted by Crippen LogP contribution is -2.46. The van der Waals surface area contributed by atoms with Gasteiger partial charge in [0.25, 0.3) is 5.91 Å². The molecule has 4 rings (SSSR count). The highest BCUT2D eigenvalue weighted by Crippen LogP contribution is 2.24. The number of carbonyl (C=O) groups excluding carboxylic acids is 1. The van der Waals surface area contributed by atoms with Crippen LogP contribution in [-0.4, -0.2) is 71.5 Å². The van der Waals surface area contributed by atoms with Crippen LogP contribution in [0.25, 0.3) is 0 Å². The minimum Gasteiger partial charge on any atom is -0.354 e. The molecule has 166 valence electrons. The van der Waals surface area contributed by atoms with E-state index in [1.807, 2.05) is 17.0 Å². The van der Waals surface area contributed by atoms with Crippen LogP contribution in [-0.2, 0) is 12.2 Å². The van der Waals surface area contributed by atoms with Crippen molar-refractivity contribution in [2.75, 3.05) is 50.7 Å². The second kappa shape index (κ2) is 10.5. The SMILES string of the molecule is CCc1cc(N2CCN(CC)CC2)nc(SCc2ccc(C(=O)N3CCCC3)cc2)n1. The number of hydrogen-bond donors (Lipinski definition) is 0. The summed E-state index contributed by atoms with van der Waals surface area (Å²) in [4.78, 5) is 29.0. The van der Waals surface area contributed by atoms with E-state index in [2.05, 4.69) is 41.8 Å².